The van der Waals surface area contributed by atoms with Gasteiger partial charge in [-0.3, -0.25) is 9.79 Å². The molecule has 0 N–H and O–H groups in total. The van der Waals surface area contributed by atoms with Crippen molar-refractivity contribution in [3.63, 3.8) is 0 Å². The largest absolute Gasteiger partial charge is 0.314 e. The summed E-state index contributed by atoms with van der Waals surface area (Å²) in [5.74, 6) is 0.200. The molecule has 2 aromatic carbocycles. The van der Waals surface area contributed by atoms with E-state index in [1.807, 2.05) is 36.4 Å². The minimum Gasteiger partial charge on any atom is -0.314 e. The summed E-state index contributed by atoms with van der Waals surface area (Å²) in [4.78, 5) is 20.8. The molecule has 2 heterocycles. The normalized spacial score (nSPS) is 26.8. The van der Waals surface area contributed by atoms with Crippen molar-refractivity contribution in [2.75, 3.05) is 0 Å². The third kappa shape index (κ3) is 3.20. The first-order chi connectivity index (χ1) is 17.2. The van der Waals surface area contributed by atoms with Crippen LogP contribution < -0.4 is 0 Å². The molecule has 3 atom stereocenters. The molecule has 0 amide bonds. The van der Waals surface area contributed by atoms with Crippen LogP contribution in [0.4, 0.5) is 0 Å². The molecule has 1 fully saturated rings. The summed E-state index contributed by atoms with van der Waals surface area (Å²) in [6.07, 6.45) is 8.37. The molecule has 1 saturated carbocycles. The molecule has 0 bridgehead atoms. The molecule has 1 spiro atoms. The Balaban J connectivity index is 1.59. The third-order valence-electron chi connectivity index (χ3n) is 7.86. The monoisotopic (exact) mass is 456 g/mol. The van der Waals surface area contributed by atoms with Crippen LogP contribution in [0.5, 0.6) is 0 Å². The second-order valence-electron chi connectivity index (χ2n) is 9.63. The van der Waals surface area contributed by atoms with Crippen molar-refractivity contribution in [1.82, 2.24) is 4.90 Å². The Morgan fingerprint density at radius 1 is 0.971 bits per heavy atom. The summed E-state index contributed by atoms with van der Waals surface area (Å²) in [7, 11) is 0. The second-order valence-corrected chi connectivity index (χ2v) is 9.63. The molecule has 2 aliphatic heterocycles. The lowest BCUT2D eigenvalue weighted by molar-refractivity contribution is -0.111. The molecule has 5 nitrogen and oxygen atoms in total. The van der Waals surface area contributed by atoms with Crippen molar-refractivity contribution in [3.8, 4) is 12.1 Å². The molecule has 35 heavy (non-hydrogen) atoms. The predicted molar refractivity (Wildman–Crippen MR) is 134 cm³/mol. The average molecular weight is 457 g/mol. The predicted octanol–water partition coefficient (Wildman–Crippen LogP) is 5.67. The van der Waals surface area contributed by atoms with E-state index in [0.717, 1.165) is 48.4 Å². The van der Waals surface area contributed by atoms with Crippen LogP contribution in [0.15, 0.2) is 94.7 Å². The van der Waals surface area contributed by atoms with Crippen LogP contribution in [0.2, 0.25) is 0 Å². The van der Waals surface area contributed by atoms with Gasteiger partial charge in [-0.15, -0.1) is 0 Å². The van der Waals surface area contributed by atoms with Gasteiger partial charge in [0.1, 0.15) is 23.4 Å². The Morgan fingerprint density at radius 2 is 1.69 bits per heavy atom. The molecule has 4 aliphatic rings. The average Bonchev–Trinajstić information content (AvgIpc) is 3.22. The number of nitriles is 2. The lowest BCUT2D eigenvalue weighted by Crippen LogP contribution is -2.54. The number of ketones is 1. The number of nitrogens with zero attached hydrogens (tertiary/aromatic N) is 4. The number of hydrogen-bond donors (Lipinski definition) is 0. The maximum Gasteiger partial charge on any atom is 0.186 e. The van der Waals surface area contributed by atoms with Gasteiger partial charge in [0.15, 0.2) is 5.78 Å². The van der Waals surface area contributed by atoms with Gasteiger partial charge in [0, 0.05) is 35.6 Å². The van der Waals surface area contributed by atoms with Gasteiger partial charge in [-0.2, -0.15) is 10.5 Å². The van der Waals surface area contributed by atoms with Crippen LogP contribution in [0, 0.1) is 28.6 Å². The van der Waals surface area contributed by atoms with E-state index in [4.69, 9.17) is 4.99 Å². The van der Waals surface area contributed by atoms with E-state index < -0.39 is 5.66 Å². The Morgan fingerprint density at radius 3 is 2.40 bits per heavy atom. The minimum absolute atomic E-state index is 0.114. The third-order valence-corrected chi connectivity index (χ3v) is 7.86. The van der Waals surface area contributed by atoms with Crippen LogP contribution in [-0.4, -0.2) is 22.1 Å². The second kappa shape index (κ2) is 8.22. The number of fused-ring (bicyclic) bond motifs is 2. The van der Waals surface area contributed by atoms with Crippen molar-refractivity contribution >= 4 is 17.2 Å². The zero-order valence-electron chi connectivity index (χ0n) is 19.3. The van der Waals surface area contributed by atoms with Crippen LogP contribution >= 0.6 is 0 Å². The van der Waals surface area contributed by atoms with Crippen LogP contribution in [0.3, 0.4) is 0 Å². The highest BCUT2D eigenvalue weighted by atomic mass is 16.1. The first-order valence-electron chi connectivity index (χ1n) is 12.2. The van der Waals surface area contributed by atoms with Gasteiger partial charge < -0.3 is 4.90 Å². The minimum atomic E-state index is -0.477. The van der Waals surface area contributed by atoms with E-state index in [-0.39, 0.29) is 35.2 Å². The highest BCUT2D eigenvalue weighted by molar-refractivity contribution is 6.21. The Labute approximate surface area is 205 Å². The summed E-state index contributed by atoms with van der Waals surface area (Å²) >= 11 is 0. The van der Waals surface area contributed by atoms with Crippen molar-refractivity contribution < 1.29 is 4.79 Å². The number of aliphatic imine (C=N–C) groups is 1. The molecule has 2 aromatic rings. The van der Waals surface area contributed by atoms with Crippen LogP contribution in [-0.2, 0) is 4.79 Å². The Bertz CT molecular complexity index is 1400. The fourth-order valence-corrected chi connectivity index (χ4v) is 6.38. The first-order valence-corrected chi connectivity index (χ1v) is 12.2. The van der Waals surface area contributed by atoms with Crippen LogP contribution in [0.1, 0.15) is 49.1 Å². The summed E-state index contributed by atoms with van der Waals surface area (Å²) in [5.41, 5.74) is 4.75. The summed E-state index contributed by atoms with van der Waals surface area (Å²) in [5, 5.41) is 18.8. The lowest BCUT2D eigenvalue weighted by atomic mass is 9.66. The van der Waals surface area contributed by atoms with E-state index in [9.17, 15) is 15.3 Å². The molecule has 0 aromatic heterocycles. The molecule has 0 unspecified atom stereocenters. The molecular weight excluding hydrogens is 432 g/mol. The number of rotatable bonds is 2. The topological polar surface area (TPSA) is 80.2 Å². The highest BCUT2D eigenvalue weighted by Gasteiger charge is 2.57. The molecular formula is C30H24N4O. The maximum atomic E-state index is 13.1. The van der Waals surface area contributed by atoms with E-state index >= 15 is 0 Å². The zero-order valence-corrected chi connectivity index (χ0v) is 19.3. The summed E-state index contributed by atoms with van der Waals surface area (Å²) < 4.78 is 0. The standard InChI is InChI=1S/C30H24N4O/c31-18-22(19-32)24-15-26-28(17-29(24)35)34-27(21-11-5-2-6-12-21)16-23(20-9-3-1-4-10-20)25-13-7-8-14-30(25,34)33-26/h1-6,9-12,16-17,23,25H,7-8,13-15H2/t23-,25-,30-/m0/s1. The van der Waals surface area contributed by atoms with Gasteiger partial charge in [0.25, 0.3) is 0 Å². The SMILES string of the molecule is N#CC(C#N)=C1CC2=N[C@]34CCCC[C@H]3[C@H](c3ccccc3)C=C(c3ccccc3)N4C2=CC1=O. The fourth-order valence-electron chi connectivity index (χ4n) is 6.38. The lowest BCUT2D eigenvalue weighted by Gasteiger charge is -2.53. The highest BCUT2D eigenvalue weighted by Crippen LogP contribution is 2.58. The molecule has 170 valence electrons. The van der Waals surface area contributed by atoms with E-state index in [2.05, 4.69) is 47.4 Å². The maximum absolute atomic E-state index is 13.1. The van der Waals surface area contributed by atoms with Crippen molar-refractivity contribution in [2.24, 2.45) is 10.9 Å². The molecule has 0 saturated heterocycles. The smallest absolute Gasteiger partial charge is 0.186 e. The number of carbonyl (C=O) groups is 1. The molecule has 2 aliphatic carbocycles. The van der Waals surface area contributed by atoms with Crippen molar-refractivity contribution in [2.45, 2.75) is 43.7 Å². The first kappa shape index (κ1) is 21.3. The van der Waals surface area contributed by atoms with E-state index in [0.29, 0.717) is 0 Å². The van der Waals surface area contributed by atoms with Gasteiger partial charge in [-0.1, -0.05) is 73.2 Å². The quantitative estimate of drug-likeness (QED) is 0.431. The molecule has 5 heteroatoms. The van der Waals surface area contributed by atoms with Crippen molar-refractivity contribution in [3.05, 3.63) is 101 Å². The van der Waals surface area contributed by atoms with Gasteiger partial charge in [-0.25, -0.2) is 0 Å². The van der Waals surface area contributed by atoms with E-state index in [1.54, 1.807) is 6.08 Å². The molecule has 0 radical (unpaired) electrons. The molecule has 6 rings (SSSR count). The van der Waals surface area contributed by atoms with Gasteiger partial charge in [0.05, 0.1) is 11.4 Å². The van der Waals surface area contributed by atoms with Gasteiger partial charge in [-0.05, 0) is 30.4 Å². The van der Waals surface area contributed by atoms with E-state index in [1.165, 1.54) is 5.56 Å². The van der Waals surface area contributed by atoms with Crippen LogP contribution in [0.25, 0.3) is 5.70 Å². The number of carbonyl (C=O) groups excluding carboxylic acids is 1. The van der Waals surface area contributed by atoms with Gasteiger partial charge >= 0.3 is 0 Å². The number of hydrogen-bond acceptors (Lipinski definition) is 5. The van der Waals surface area contributed by atoms with Gasteiger partial charge in [0.2, 0.25) is 0 Å². The number of benzene rings is 2. The fraction of sp³-hybridized carbons (Fsp3) is 0.267. The number of allylic oxidation sites excluding steroid dienone is 5. The zero-order chi connectivity index (χ0) is 24.0. The Kier molecular flexibility index (Phi) is 5.01. The summed E-state index contributed by atoms with van der Waals surface area (Å²) in [6.45, 7) is 0. The Hall–Kier alpha value is -4.22. The van der Waals surface area contributed by atoms with Crippen molar-refractivity contribution in [1.29, 1.82) is 10.5 Å². The summed E-state index contributed by atoms with van der Waals surface area (Å²) in [6, 6.07) is 24.8.